The average molecular weight is 230 g/mol. The lowest BCUT2D eigenvalue weighted by molar-refractivity contribution is 0.401. The monoisotopic (exact) mass is 230 g/mol. The van der Waals surface area contributed by atoms with Crippen LogP contribution < -0.4 is 10.2 Å². The highest BCUT2D eigenvalue weighted by Gasteiger charge is 2.20. The van der Waals surface area contributed by atoms with Crippen molar-refractivity contribution in [3.63, 3.8) is 0 Å². The lowest BCUT2D eigenvalue weighted by atomic mass is 9.98. The summed E-state index contributed by atoms with van der Waals surface area (Å²) in [6.07, 6.45) is 4.19. The van der Waals surface area contributed by atoms with Gasteiger partial charge in [0, 0.05) is 19.3 Å². The molecule has 0 aliphatic carbocycles. The van der Waals surface area contributed by atoms with Crippen molar-refractivity contribution in [2.75, 3.05) is 31.6 Å². The zero-order chi connectivity index (χ0) is 12.1. The van der Waals surface area contributed by atoms with E-state index in [2.05, 4.69) is 21.3 Å². The SMILES string of the molecule is CNCC1CCCN(c2cc(C#N)ccn2)C1. The zero-order valence-corrected chi connectivity index (χ0v) is 10.2. The Morgan fingerprint density at radius 1 is 1.65 bits per heavy atom. The van der Waals surface area contributed by atoms with Crippen molar-refractivity contribution in [1.82, 2.24) is 10.3 Å². The van der Waals surface area contributed by atoms with E-state index in [1.54, 1.807) is 12.3 Å². The molecule has 1 aliphatic heterocycles. The van der Waals surface area contributed by atoms with Crippen LogP contribution in [0.15, 0.2) is 18.3 Å². The van der Waals surface area contributed by atoms with Crippen LogP contribution >= 0.6 is 0 Å². The Kier molecular flexibility index (Phi) is 3.94. The topological polar surface area (TPSA) is 52.0 Å². The molecule has 1 unspecified atom stereocenters. The zero-order valence-electron chi connectivity index (χ0n) is 10.2. The van der Waals surface area contributed by atoms with E-state index in [4.69, 9.17) is 5.26 Å². The van der Waals surface area contributed by atoms with Gasteiger partial charge in [-0.05, 0) is 44.5 Å². The van der Waals surface area contributed by atoms with Crippen molar-refractivity contribution in [3.8, 4) is 6.07 Å². The molecule has 1 saturated heterocycles. The van der Waals surface area contributed by atoms with Crippen LogP contribution in [0, 0.1) is 17.2 Å². The number of nitriles is 1. The molecule has 1 aromatic rings. The minimum atomic E-state index is 0.682. The second-order valence-electron chi connectivity index (χ2n) is 4.53. The summed E-state index contributed by atoms with van der Waals surface area (Å²) < 4.78 is 0. The van der Waals surface area contributed by atoms with Gasteiger partial charge in [-0.15, -0.1) is 0 Å². The first-order chi connectivity index (χ1) is 8.33. The Morgan fingerprint density at radius 3 is 3.29 bits per heavy atom. The van der Waals surface area contributed by atoms with Crippen LogP contribution in [0.2, 0.25) is 0 Å². The van der Waals surface area contributed by atoms with Crippen molar-refractivity contribution in [2.45, 2.75) is 12.8 Å². The molecule has 0 spiro atoms. The fourth-order valence-electron chi connectivity index (χ4n) is 2.39. The molecule has 0 amide bonds. The minimum absolute atomic E-state index is 0.682. The van der Waals surface area contributed by atoms with Crippen LogP contribution in [0.5, 0.6) is 0 Å². The second-order valence-corrected chi connectivity index (χ2v) is 4.53. The Hall–Kier alpha value is -1.60. The van der Waals surface area contributed by atoms with E-state index in [0.717, 1.165) is 25.5 Å². The van der Waals surface area contributed by atoms with Gasteiger partial charge in [0.25, 0.3) is 0 Å². The van der Waals surface area contributed by atoms with E-state index in [1.165, 1.54) is 12.8 Å². The summed E-state index contributed by atoms with van der Waals surface area (Å²) in [5.41, 5.74) is 0.686. The first-order valence-electron chi connectivity index (χ1n) is 6.09. The number of nitrogens with one attached hydrogen (secondary N) is 1. The smallest absolute Gasteiger partial charge is 0.129 e. The summed E-state index contributed by atoms with van der Waals surface area (Å²) in [6, 6.07) is 5.79. The van der Waals surface area contributed by atoms with Crippen molar-refractivity contribution >= 4 is 5.82 Å². The van der Waals surface area contributed by atoms with Crippen LogP contribution in [0.1, 0.15) is 18.4 Å². The van der Waals surface area contributed by atoms with Gasteiger partial charge < -0.3 is 10.2 Å². The Morgan fingerprint density at radius 2 is 2.53 bits per heavy atom. The van der Waals surface area contributed by atoms with E-state index in [1.807, 2.05) is 13.1 Å². The highest BCUT2D eigenvalue weighted by molar-refractivity contribution is 5.45. The van der Waals surface area contributed by atoms with Crippen LogP contribution in [0.4, 0.5) is 5.82 Å². The second kappa shape index (κ2) is 5.65. The van der Waals surface area contributed by atoms with E-state index >= 15 is 0 Å². The molecule has 0 aromatic carbocycles. The quantitative estimate of drug-likeness (QED) is 0.852. The van der Waals surface area contributed by atoms with Crippen molar-refractivity contribution in [3.05, 3.63) is 23.9 Å². The molecule has 1 N–H and O–H groups in total. The Balaban J connectivity index is 2.08. The van der Waals surface area contributed by atoms with Gasteiger partial charge in [0.05, 0.1) is 11.6 Å². The van der Waals surface area contributed by atoms with Crippen molar-refractivity contribution in [1.29, 1.82) is 5.26 Å². The third-order valence-corrected chi connectivity index (χ3v) is 3.21. The number of pyridine rings is 1. The Bertz CT molecular complexity index is 408. The highest BCUT2D eigenvalue weighted by atomic mass is 15.2. The summed E-state index contributed by atoms with van der Waals surface area (Å²) in [5.74, 6) is 1.62. The number of hydrogen-bond donors (Lipinski definition) is 1. The molecule has 4 nitrogen and oxygen atoms in total. The maximum Gasteiger partial charge on any atom is 0.129 e. The number of piperidine rings is 1. The largest absolute Gasteiger partial charge is 0.356 e. The molecule has 2 heterocycles. The molecule has 1 aromatic heterocycles. The molecule has 1 fully saturated rings. The first-order valence-corrected chi connectivity index (χ1v) is 6.09. The molecule has 90 valence electrons. The van der Waals surface area contributed by atoms with Gasteiger partial charge in [0.2, 0.25) is 0 Å². The van der Waals surface area contributed by atoms with Gasteiger partial charge in [-0.3, -0.25) is 0 Å². The Labute approximate surface area is 102 Å². The van der Waals surface area contributed by atoms with Gasteiger partial charge in [-0.25, -0.2) is 4.98 Å². The summed E-state index contributed by atoms with van der Waals surface area (Å²) in [4.78, 5) is 6.64. The molecule has 2 rings (SSSR count). The van der Waals surface area contributed by atoms with Gasteiger partial charge in [0.15, 0.2) is 0 Å². The number of anilines is 1. The first kappa shape index (κ1) is 11.9. The van der Waals surface area contributed by atoms with Gasteiger partial charge >= 0.3 is 0 Å². The van der Waals surface area contributed by atoms with Crippen LogP contribution in [0.3, 0.4) is 0 Å². The average Bonchev–Trinajstić information content (AvgIpc) is 2.40. The molecule has 0 bridgehead atoms. The number of hydrogen-bond acceptors (Lipinski definition) is 4. The fraction of sp³-hybridized carbons (Fsp3) is 0.538. The summed E-state index contributed by atoms with van der Waals surface area (Å²) >= 11 is 0. The van der Waals surface area contributed by atoms with Gasteiger partial charge in [-0.1, -0.05) is 0 Å². The maximum absolute atomic E-state index is 8.89. The van der Waals surface area contributed by atoms with Crippen LogP contribution in [0.25, 0.3) is 0 Å². The standard InChI is InChI=1S/C13H18N4/c1-15-9-12-3-2-6-17(10-12)13-7-11(8-14)4-5-16-13/h4-5,7,12,15H,2-3,6,9-10H2,1H3. The van der Waals surface area contributed by atoms with E-state index in [-0.39, 0.29) is 0 Å². The molecule has 17 heavy (non-hydrogen) atoms. The fourth-order valence-corrected chi connectivity index (χ4v) is 2.39. The normalized spacial score (nSPS) is 20.0. The molecular weight excluding hydrogens is 212 g/mol. The van der Waals surface area contributed by atoms with Gasteiger partial charge in [0.1, 0.15) is 5.82 Å². The number of rotatable bonds is 3. The highest BCUT2D eigenvalue weighted by Crippen LogP contribution is 2.21. The summed E-state index contributed by atoms with van der Waals surface area (Å²) in [6.45, 7) is 3.12. The van der Waals surface area contributed by atoms with Crippen molar-refractivity contribution in [2.24, 2.45) is 5.92 Å². The molecule has 1 aliphatic rings. The molecule has 0 radical (unpaired) electrons. The predicted octanol–water partition coefficient (Wildman–Crippen LogP) is 1.39. The molecular formula is C13H18N4. The maximum atomic E-state index is 8.89. The van der Waals surface area contributed by atoms with Crippen LogP contribution in [-0.4, -0.2) is 31.7 Å². The molecule has 1 atom stereocenters. The summed E-state index contributed by atoms with van der Waals surface area (Å²) in [7, 11) is 1.99. The third kappa shape index (κ3) is 2.95. The molecule has 4 heteroatoms. The van der Waals surface area contributed by atoms with Crippen LogP contribution in [-0.2, 0) is 0 Å². The van der Waals surface area contributed by atoms with Crippen molar-refractivity contribution < 1.29 is 0 Å². The lowest BCUT2D eigenvalue weighted by Gasteiger charge is -2.33. The minimum Gasteiger partial charge on any atom is -0.356 e. The lowest BCUT2D eigenvalue weighted by Crippen LogP contribution is -2.39. The van der Waals surface area contributed by atoms with E-state index < -0.39 is 0 Å². The van der Waals surface area contributed by atoms with Gasteiger partial charge in [-0.2, -0.15) is 5.26 Å². The third-order valence-electron chi connectivity index (χ3n) is 3.21. The number of aromatic nitrogens is 1. The number of nitrogens with zero attached hydrogens (tertiary/aromatic N) is 3. The summed E-state index contributed by atoms with van der Waals surface area (Å²) in [5, 5.41) is 12.1. The molecule has 0 saturated carbocycles. The van der Waals surface area contributed by atoms with E-state index in [0.29, 0.717) is 11.5 Å². The predicted molar refractivity (Wildman–Crippen MR) is 67.8 cm³/mol. The van der Waals surface area contributed by atoms with E-state index in [9.17, 15) is 0 Å².